The van der Waals surface area contributed by atoms with Crippen molar-refractivity contribution >= 4 is 11.8 Å². The van der Waals surface area contributed by atoms with Gasteiger partial charge in [-0.05, 0) is 29.2 Å². The van der Waals surface area contributed by atoms with E-state index in [0.717, 1.165) is 13.1 Å². The number of ether oxygens (including phenoxy) is 1. The molecule has 110 valence electrons. The van der Waals surface area contributed by atoms with Gasteiger partial charge in [-0.25, -0.2) is 0 Å². The van der Waals surface area contributed by atoms with E-state index in [2.05, 4.69) is 53.8 Å². The second-order valence-corrected chi connectivity index (χ2v) is 6.73. The van der Waals surface area contributed by atoms with Crippen LogP contribution >= 0.6 is 11.8 Å². The molecule has 1 aliphatic rings. The molecule has 0 saturated carbocycles. The van der Waals surface area contributed by atoms with Crippen molar-refractivity contribution in [1.82, 2.24) is 5.32 Å². The molecule has 1 N–H and O–H groups in total. The molecule has 0 amide bonds. The first-order valence-electron chi connectivity index (χ1n) is 7.38. The Kier molecular flexibility index (Phi) is 4.96. The van der Waals surface area contributed by atoms with E-state index in [1.165, 1.54) is 28.0 Å². The fraction of sp³-hybridized carbons (Fsp3) is 0.333. The van der Waals surface area contributed by atoms with Gasteiger partial charge in [0, 0.05) is 30.3 Å². The van der Waals surface area contributed by atoms with Crippen LogP contribution in [-0.4, -0.2) is 18.9 Å². The van der Waals surface area contributed by atoms with Crippen molar-refractivity contribution in [2.24, 2.45) is 0 Å². The molecule has 2 nitrogen and oxygen atoms in total. The van der Waals surface area contributed by atoms with E-state index >= 15 is 0 Å². The number of hydrogen-bond donors (Lipinski definition) is 1. The van der Waals surface area contributed by atoms with Crippen molar-refractivity contribution in [3.8, 4) is 0 Å². The molecule has 0 radical (unpaired) electrons. The Morgan fingerprint density at radius 1 is 1.10 bits per heavy atom. The highest BCUT2D eigenvalue weighted by atomic mass is 32.2. The quantitative estimate of drug-likeness (QED) is 0.880. The largest absolute Gasteiger partial charge is 0.380 e. The van der Waals surface area contributed by atoms with Crippen LogP contribution in [0, 0.1) is 0 Å². The number of nitrogens with one attached hydrogen (secondary N) is 1. The molecule has 3 heteroatoms. The Morgan fingerprint density at radius 3 is 2.67 bits per heavy atom. The lowest BCUT2D eigenvalue weighted by Gasteiger charge is -2.12. The highest BCUT2D eigenvalue weighted by molar-refractivity contribution is 8.00. The van der Waals surface area contributed by atoms with Crippen LogP contribution in [0.15, 0.2) is 53.4 Å². The Hall–Kier alpha value is -1.29. The van der Waals surface area contributed by atoms with Gasteiger partial charge in [0.25, 0.3) is 0 Å². The van der Waals surface area contributed by atoms with Gasteiger partial charge in [-0.15, -0.1) is 11.8 Å². The smallest absolute Gasteiger partial charge is 0.0716 e. The lowest BCUT2D eigenvalue weighted by molar-refractivity contribution is 0.184. The molecule has 1 unspecified atom stereocenters. The minimum absolute atomic E-state index is 0.650. The molecule has 0 saturated heterocycles. The van der Waals surface area contributed by atoms with Crippen molar-refractivity contribution in [2.45, 2.75) is 29.7 Å². The van der Waals surface area contributed by atoms with Crippen molar-refractivity contribution in [1.29, 1.82) is 0 Å². The van der Waals surface area contributed by atoms with Crippen LogP contribution in [0.5, 0.6) is 0 Å². The van der Waals surface area contributed by atoms with Gasteiger partial charge in [-0.3, -0.25) is 0 Å². The third-order valence-electron chi connectivity index (χ3n) is 3.82. The van der Waals surface area contributed by atoms with Gasteiger partial charge in [0.2, 0.25) is 0 Å². The van der Waals surface area contributed by atoms with E-state index in [4.69, 9.17) is 4.74 Å². The van der Waals surface area contributed by atoms with Gasteiger partial charge in [0.15, 0.2) is 0 Å². The van der Waals surface area contributed by atoms with Gasteiger partial charge >= 0.3 is 0 Å². The Bertz CT molecular complexity index is 574. The van der Waals surface area contributed by atoms with Crippen LogP contribution in [0.3, 0.4) is 0 Å². The maximum Gasteiger partial charge on any atom is 0.0716 e. The highest BCUT2D eigenvalue weighted by Gasteiger charge is 2.21. The van der Waals surface area contributed by atoms with Gasteiger partial charge in [-0.2, -0.15) is 0 Å². The summed E-state index contributed by atoms with van der Waals surface area (Å²) < 4.78 is 5.26. The van der Waals surface area contributed by atoms with Crippen molar-refractivity contribution in [3.05, 3.63) is 65.2 Å². The summed E-state index contributed by atoms with van der Waals surface area (Å²) in [4.78, 5) is 1.45. The summed E-state index contributed by atoms with van der Waals surface area (Å²) in [6.45, 7) is 2.63. The average Bonchev–Trinajstić information content (AvgIpc) is 2.92. The molecule has 1 aliphatic heterocycles. The number of methoxy groups -OCH3 is 1. The van der Waals surface area contributed by atoms with Gasteiger partial charge in [0.1, 0.15) is 0 Å². The predicted molar refractivity (Wildman–Crippen MR) is 88.7 cm³/mol. The van der Waals surface area contributed by atoms with Crippen LogP contribution in [0.2, 0.25) is 0 Å². The summed E-state index contributed by atoms with van der Waals surface area (Å²) in [6, 6.07) is 17.2. The van der Waals surface area contributed by atoms with Gasteiger partial charge in [0.05, 0.1) is 6.61 Å². The SMILES string of the molecule is COCc1ccccc1CNCC1Cc2ccccc2S1. The summed E-state index contributed by atoms with van der Waals surface area (Å²) in [5.74, 6) is 0. The molecule has 0 aromatic heterocycles. The highest BCUT2D eigenvalue weighted by Crippen LogP contribution is 2.36. The third kappa shape index (κ3) is 3.67. The molecule has 2 aromatic carbocycles. The number of benzene rings is 2. The maximum absolute atomic E-state index is 5.26. The third-order valence-corrected chi connectivity index (χ3v) is 5.14. The second-order valence-electron chi connectivity index (χ2n) is 5.38. The zero-order valence-corrected chi connectivity index (χ0v) is 13.2. The maximum atomic E-state index is 5.26. The van der Waals surface area contributed by atoms with E-state index in [0.29, 0.717) is 11.9 Å². The Balaban J connectivity index is 1.52. The monoisotopic (exact) mass is 299 g/mol. The van der Waals surface area contributed by atoms with Gasteiger partial charge in [-0.1, -0.05) is 42.5 Å². The fourth-order valence-corrected chi connectivity index (χ4v) is 4.04. The Morgan fingerprint density at radius 2 is 1.86 bits per heavy atom. The molecule has 3 rings (SSSR count). The first kappa shape index (κ1) is 14.6. The summed E-state index contributed by atoms with van der Waals surface area (Å²) >= 11 is 2.00. The number of fused-ring (bicyclic) bond motifs is 1. The fourth-order valence-electron chi connectivity index (χ4n) is 2.76. The minimum atomic E-state index is 0.650. The number of thioether (sulfide) groups is 1. The van der Waals surface area contributed by atoms with Crippen LogP contribution < -0.4 is 5.32 Å². The molecule has 0 spiro atoms. The van der Waals surface area contributed by atoms with E-state index < -0.39 is 0 Å². The summed E-state index contributed by atoms with van der Waals surface area (Å²) in [5.41, 5.74) is 4.10. The van der Waals surface area contributed by atoms with Crippen LogP contribution in [0.1, 0.15) is 16.7 Å². The number of rotatable bonds is 6. The zero-order chi connectivity index (χ0) is 14.5. The Labute approximate surface area is 130 Å². The molecule has 0 bridgehead atoms. The molecule has 21 heavy (non-hydrogen) atoms. The van der Waals surface area contributed by atoms with E-state index in [9.17, 15) is 0 Å². The standard InChI is InChI=1S/C18H21NOS/c1-20-13-16-8-3-2-7-15(16)11-19-12-17-10-14-6-4-5-9-18(14)21-17/h2-9,17,19H,10-13H2,1H3. The van der Waals surface area contributed by atoms with E-state index in [1.54, 1.807) is 7.11 Å². The molecular formula is C18H21NOS. The topological polar surface area (TPSA) is 21.3 Å². The molecule has 1 atom stereocenters. The predicted octanol–water partition coefficient (Wildman–Crippen LogP) is 3.64. The normalized spacial score (nSPS) is 16.9. The van der Waals surface area contributed by atoms with Crippen molar-refractivity contribution in [2.75, 3.05) is 13.7 Å². The summed E-state index contributed by atoms with van der Waals surface area (Å²) in [6.07, 6.45) is 1.17. The molecular weight excluding hydrogens is 278 g/mol. The summed E-state index contributed by atoms with van der Waals surface area (Å²) in [7, 11) is 1.75. The average molecular weight is 299 g/mol. The van der Waals surface area contributed by atoms with Gasteiger partial charge < -0.3 is 10.1 Å². The first-order chi connectivity index (χ1) is 10.4. The molecule has 0 aliphatic carbocycles. The number of hydrogen-bond acceptors (Lipinski definition) is 3. The van der Waals surface area contributed by atoms with Crippen molar-refractivity contribution < 1.29 is 4.74 Å². The summed E-state index contributed by atoms with van der Waals surface area (Å²) in [5, 5.41) is 4.25. The zero-order valence-electron chi connectivity index (χ0n) is 12.3. The minimum Gasteiger partial charge on any atom is -0.380 e. The van der Waals surface area contributed by atoms with Crippen LogP contribution in [0.25, 0.3) is 0 Å². The van der Waals surface area contributed by atoms with Crippen molar-refractivity contribution in [3.63, 3.8) is 0 Å². The lowest BCUT2D eigenvalue weighted by atomic mass is 10.1. The van der Waals surface area contributed by atoms with E-state index in [-0.39, 0.29) is 0 Å². The van der Waals surface area contributed by atoms with Crippen LogP contribution in [0.4, 0.5) is 0 Å². The molecule has 1 heterocycles. The first-order valence-corrected chi connectivity index (χ1v) is 8.26. The van der Waals surface area contributed by atoms with E-state index in [1.807, 2.05) is 11.8 Å². The second kappa shape index (κ2) is 7.12. The van der Waals surface area contributed by atoms with Crippen LogP contribution in [-0.2, 0) is 24.3 Å². The molecule has 0 fully saturated rings. The lowest BCUT2D eigenvalue weighted by Crippen LogP contribution is -2.24. The molecule has 2 aromatic rings.